The molecule has 0 aromatic heterocycles. The molecule has 4 nitrogen and oxygen atoms in total. The summed E-state index contributed by atoms with van der Waals surface area (Å²) in [5.74, 6) is 0.409. The predicted octanol–water partition coefficient (Wildman–Crippen LogP) is 3.34. The molecule has 0 radical (unpaired) electrons. The first-order valence-corrected chi connectivity index (χ1v) is 7.83. The Labute approximate surface area is 135 Å². The molecule has 3 N–H and O–H groups in total. The zero-order chi connectivity index (χ0) is 17.1. The van der Waals surface area contributed by atoms with E-state index in [2.05, 4.69) is 32.2 Å². The largest absolute Gasteiger partial charge is 0.398 e. The molecule has 0 aliphatic rings. The van der Waals surface area contributed by atoms with Gasteiger partial charge in [0, 0.05) is 23.0 Å². The fourth-order valence-electron chi connectivity index (χ4n) is 2.12. The lowest BCUT2D eigenvalue weighted by Gasteiger charge is -2.20. The van der Waals surface area contributed by atoms with Gasteiger partial charge in [0.15, 0.2) is 0 Å². The van der Waals surface area contributed by atoms with Crippen LogP contribution in [0.2, 0.25) is 0 Å². The Hall–Kier alpha value is -1.86. The summed E-state index contributed by atoms with van der Waals surface area (Å²) in [6.07, 6.45) is 6.46. The van der Waals surface area contributed by atoms with Gasteiger partial charge in [-0.25, -0.2) is 0 Å². The minimum Gasteiger partial charge on any atom is -0.398 e. The Bertz CT molecular complexity index is 498. The lowest BCUT2D eigenvalue weighted by molar-refractivity contribution is 0.642. The highest BCUT2D eigenvalue weighted by molar-refractivity contribution is 5.91. The van der Waals surface area contributed by atoms with Crippen LogP contribution in [0.4, 0.5) is 0 Å². The average Bonchev–Trinajstić information content (AvgIpc) is 2.51. The topological polar surface area (TPSA) is 74.2 Å². The first-order chi connectivity index (χ1) is 10.4. The minimum atomic E-state index is 0.315. The third-order valence-corrected chi connectivity index (χ3v) is 3.58. The molecule has 0 aromatic rings. The molecule has 4 heteroatoms. The highest BCUT2D eigenvalue weighted by Crippen LogP contribution is 2.09. The van der Waals surface area contributed by atoms with Crippen molar-refractivity contribution in [3.8, 4) is 6.07 Å². The third kappa shape index (κ3) is 6.73. The van der Waals surface area contributed by atoms with Crippen LogP contribution in [0.3, 0.4) is 0 Å². The van der Waals surface area contributed by atoms with E-state index in [0.717, 1.165) is 12.0 Å². The molecule has 0 bridgehead atoms. The van der Waals surface area contributed by atoms with Crippen molar-refractivity contribution in [2.24, 2.45) is 16.6 Å². The van der Waals surface area contributed by atoms with Crippen LogP contribution in [0, 0.1) is 17.2 Å². The van der Waals surface area contributed by atoms with E-state index in [1.807, 2.05) is 27.0 Å². The van der Waals surface area contributed by atoms with E-state index in [1.165, 1.54) is 5.71 Å². The van der Waals surface area contributed by atoms with Crippen molar-refractivity contribution in [1.29, 1.82) is 5.26 Å². The van der Waals surface area contributed by atoms with Crippen LogP contribution in [0.1, 0.15) is 41.0 Å². The molecule has 0 rings (SSSR count). The van der Waals surface area contributed by atoms with E-state index in [0.29, 0.717) is 29.8 Å². The molecular weight excluding hydrogens is 272 g/mol. The molecule has 0 amide bonds. The number of hydrogen-bond donors (Lipinski definition) is 2. The number of hydrogen-bond acceptors (Lipinski definition) is 4. The van der Waals surface area contributed by atoms with Crippen molar-refractivity contribution in [3.63, 3.8) is 0 Å². The molecule has 0 saturated heterocycles. The van der Waals surface area contributed by atoms with E-state index in [9.17, 15) is 0 Å². The van der Waals surface area contributed by atoms with Gasteiger partial charge in [-0.05, 0) is 44.9 Å². The van der Waals surface area contributed by atoms with Crippen LogP contribution >= 0.6 is 0 Å². The van der Waals surface area contributed by atoms with E-state index in [-0.39, 0.29) is 0 Å². The Morgan fingerprint density at radius 1 is 1.41 bits per heavy atom. The third-order valence-electron chi connectivity index (χ3n) is 3.58. The average molecular weight is 302 g/mol. The van der Waals surface area contributed by atoms with Crippen LogP contribution in [0.25, 0.3) is 0 Å². The fraction of sp³-hybridized carbons (Fsp3) is 0.556. The molecule has 0 aromatic carbocycles. The first-order valence-electron chi connectivity index (χ1n) is 7.83. The molecule has 0 aliphatic carbocycles. The van der Waals surface area contributed by atoms with Gasteiger partial charge in [0.05, 0.1) is 12.6 Å². The second-order valence-corrected chi connectivity index (χ2v) is 5.51. The molecule has 22 heavy (non-hydrogen) atoms. The van der Waals surface area contributed by atoms with E-state index >= 15 is 0 Å². The number of allylic oxidation sites excluding steroid dienone is 4. The quantitative estimate of drug-likeness (QED) is 0.410. The van der Waals surface area contributed by atoms with Gasteiger partial charge >= 0.3 is 0 Å². The highest BCUT2D eigenvalue weighted by Gasteiger charge is 2.14. The SMILES string of the molecule is C\C=C(C#N)/C=C(N)\C(C)=C\CN=C(C(C)C)C(CC)NC. The summed E-state index contributed by atoms with van der Waals surface area (Å²) in [6, 6.07) is 2.41. The maximum Gasteiger partial charge on any atom is 0.0988 e. The number of nitrogens with two attached hydrogens (primary N) is 1. The molecule has 0 aliphatic heterocycles. The molecule has 0 spiro atoms. The number of rotatable bonds is 8. The van der Waals surface area contributed by atoms with E-state index < -0.39 is 0 Å². The number of nitriles is 1. The zero-order valence-corrected chi connectivity index (χ0v) is 14.8. The van der Waals surface area contributed by atoms with Crippen LogP contribution in [-0.2, 0) is 0 Å². The van der Waals surface area contributed by atoms with Gasteiger partial charge in [-0.15, -0.1) is 0 Å². The van der Waals surface area contributed by atoms with Crippen molar-refractivity contribution >= 4 is 5.71 Å². The van der Waals surface area contributed by atoms with Gasteiger partial charge in [-0.2, -0.15) is 5.26 Å². The minimum absolute atomic E-state index is 0.315. The zero-order valence-electron chi connectivity index (χ0n) is 14.8. The number of nitrogens with zero attached hydrogens (tertiary/aromatic N) is 2. The first kappa shape index (κ1) is 20.1. The van der Waals surface area contributed by atoms with Crippen molar-refractivity contribution in [3.05, 3.63) is 35.1 Å². The van der Waals surface area contributed by atoms with E-state index in [1.54, 1.807) is 12.2 Å². The Morgan fingerprint density at radius 2 is 2.05 bits per heavy atom. The highest BCUT2D eigenvalue weighted by atomic mass is 14.9. The summed E-state index contributed by atoms with van der Waals surface area (Å²) >= 11 is 0. The fourth-order valence-corrected chi connectivity index (χ4v) is 2.12. The summed E-state index contributed by atoms with van der Waals surface area (Å²) in [6.45, 7) is 10.8. The van der Waals surface area contributed by atoms with Gasteiger partial charge in [0.2, 0.25) is 0 Å². The maximum atomic E-state index is 8.92. The lowest BCUT2D eigenvalue weighted by atomic mass is 9.98. The van der Waals surface area contributed by atoms with Crippen molar-refractivity contribution in [2.45, 2.75) is 47.1 Å². The van der Waals surface area contributed by atoms with Gasteiger partial charge < -0.3 is 11.1 Å². The normalized spacial score (nSPS) is 15.9. The molecular formula is C18H30N4. The summed E-state index contributed by atoms with van der Waals surface area (Å²) in [5.41, 5.74) is 9.30. The van der Waals surface area contributed by atoms with Crippen molar-refractivity contribution < 1.29 is 0 Å². The van der Waals surface area contributed by atoms with Crippen LogP contribution in [0.5, 0.6) is 0 Å². The molecule has 0 fully saturated rings. The summed E-state index contributed by atoms with van der Waals surface area (Å²) in [5, 5.41) is 12.2. The van der Waals surface area contributed by atoms with Crippen molar-refractivity contribution in [1.82, 2.24) is 5.32 Å². The summed E-state index contributed by atoms with van der Waals surface area (Å²) in [4.78, 5) is 4.72. The lowest BCUT2D eigenvalue weighted by Crippen LogP contribution is -2.36. The summed E-state index contributed by atoms with van der Waals surface area (Å²) < 4.78 is 0. The molecule has 1 unspecified atom stereocenters. The maximum absolute atomic E-state index is 8.92. The monoisotopic (exact) mass is 302 g/mol. The van der Waals surface area contributed by atoms with Gasteiger partial charge in [-0.3, -0.25) is 4.99 Å². The summed E-state index contributed by atoms with van der Waals surface area (Å²) in [7, 11) is 1.97. The van der Waals surface area contributed by atoms with Crippen LogP contribution < -0.4 is 11.1 Å². The molecule has 1 atom stereocenters. The Morgan fingerprint density at radius 3 is 2.45 bits per heavy atom. The van der Waals surface area contributed by atoms with Crippen molar-refractivity contribution in [2.75, 3.05) is 13.6 Å². The Kier molecular flexibility index (Phi) is 9.89. The van der Waals surface area contributed by atoms with Gasteiger partial charge in [0.1, 0.15) is 0 Å². The molecule has 122 valence electrons. The smallest absolute Gasteiger partial charge is 0.0988 e. The molecule has 0 saturated carbocycles. The predicted molar refractivity (Wildman–Crippen MR) is 95.7 cm³/mol. The number of nitrogens with one attached hydrogen (secondary N) is 1. The number of aliphatic imine (C=N–C) groups is 1. The van der Waals surface area contributed by atoms with Gasteiger partial charge in [0.25, 0.3) is 0 Å². The second-order valence-electron chi connectivity index (χ2n) is 5.51. The standard InChI is InChI=1S/C18H30N4/c1-7-15(12-19)11-16(20)14(5)9-10-22-18(13(3)4)17(8-2)21-6/h7,9,11,13,17,21H,8,10,20H2,1-6H3/b14-9+,15-7+,16-11+,22-18?. The Balaban J connectivity index is 5.09. The second kappa shape index (κ2) is 10.8. The van der Waals surface area contributed by atoms with E-state index in [4.69, 9.17) is 16.0 Å². The molecule has 0 heterocycles. The van der Waals surface area contributed by atoms with Gasteiger partial charge in [-0.1, -0.05) is 32.9 Å². The van der Waals surface area contributed by atoms with Crippen LogP contribution in [0.15, 0.2) is 40.1 Å². The van der Waals surface area contributed by atoms with Crippen LogP contribution in [-0.4, -0.2) is 25.3 Å².